The smallest absolute Gasteiger partial charge is 0.167 e. The molecule has 0 heterocycles. The van der Waals surface area contributed by atoms with Gasteiger partial charge in [-0.25, -0.2) is 4.39 Å². The maximum Gasteiger partial charge on any atom is 0.167 e. The summed E-state index contributed by atoms with van der Waals surface area (Å²) >= 11 is 0. The summed E-state index contributed by atoms with van der Waals surface area (Å²) in [7, 11) is 0. The van der Waals surface area contributed by atoms with Gasteiger partial charge < -0.3 is 9.84 Å². The fourth-order valence-corrected chi connectivity index (χ4v) is 2.09. The highest BCUT2D eigenvalue weighted by Gasteiger charge is 2.25. The van der Waals surface area contributed by atoms with Gasteiger partial charge >= 0.3 is 0 Å². The van der Waals surface area contributed by atoms with Crippen molar-refractivity contribution in [1.82, 2.24) is 0 Å². The molecule has 0 amide bonds. The Balaban J connectivity index is 2.10. The quantitative estimate of drug-likeness (QED) is 0.837. The molecule has 2 unspecified atom stereocenters. The zero-order chi connectivity index (χ0) is 11.5. The van der Waals surface area contributed by atoms with Crippen molar-refractivity contribution in [2.24, 2.45) is 0 Å². The van der Waals surface area contributed by atoms with Gasteiger partial charge in [0.25, 0.3) is 0 Å². The van der Waals surface area contributed by atoms with Crippen LogP contribution < -0.4 is 4.74 Å². The first-order chi connectivity index (χ1) is 7.68. The lowest BCUT2D eigenvalue weighted by Crippen LogP contribution is -2.34. The van der Waals surface area contributed by atoms with Crippen molar-refractivity contribution in [3.05, 3.63) is 29.6 Å². The molecule has 2 nitrogen and oxygen atoms in total. The molecule has 1 fully saturated rings. The van der Waals surface area contributed by atoms with E-state index in [9.17, 15) is 9.50 Å². The molecule has 0 aromatic heterocycles. The van der Waals surface area contributed by atoms with Gasteiger partial charge in [0.05, 0.1) is 6.10 Å². The molecule has 2 atom stereocenters. The van der Waals surface area contributed by atoms with Crippen molar-refractivity contribution in [2.45, 2.75) is 44.8 Å². The number of ether oxygens (including phenoxy) is 1. The van der Waals surface area contributed by atoms with E-state index in [2.05, 4.69) is 0 Å². The summed E-state index contributed by atoms with van der Waals surface area (Å²) in [6.45, 7) is 1.71. The van der Waals surface area contributed by atoms with Gasteiger partial charge in [-0.1, -0.05) is 18.6 Å². The van der Waals surface area contributed by atoms with Crippen LogP contribution in [0.25, 0.3) is 0 Å². The molecule has 1 saturated carbocycles. The highest BCUT2D eigenvalue weighted by molar-refractivity contribution is 5.30. The summed E-state index contributed by atoms with van der Waals surface area (Å²) in [5, 5.41) is 9.74. The minimum atomic E-state index is -0.464. The third-order valence-electron chi connectivity index (χ3n) is 3.10. The van der Waals surface area contributed by atoms with Gasteiger partial charge in [-0.05, 0) is 37.8 Å². The molecular weight excluding hydrogens is 207 g/mol. The summed E-state index contributed by atoms with van der Waals surface area (Å²) in [6, 6.07) is 5.09. The Kier molecular flexibility index (Phi) is 3.44. The zero-order valence-corrected chi connectivity index (χ0v) is 9.45. The van der Waals surface area contributed by atoms with E-state index in [1.165, 1.54) is 0 Å². The molecule has 1 aliphatic rings. The molecule has 1 aromatic carbocycles. The number of hydrogen-bond donors (Lipinski definition) is 1. The summed E-state index contributed by atoms with van der Waals surface area (Å²) in [5.74, 6) is -0.0637. The second-order valence-electron chi connectivity index (χ2n) is 4.40. The molecule has 3 heteroatoms. The Bertz CT molecular complexity index is 365. The second kappa shape index (κ2) is 4.83. The first-order valence-corrected chi connectivity index (χ1v) is 5.78. The van der Waals surface area contributed by atoms with Crippen molar-refractivity contribution in [1.29, 1.82) is 0 Å². The third kappa shape index (κ3) is 2.35. The molecule has 0 saturated heterocycles. The van der Waals surface area contributed by atoms with Crippen LogP contribution in [0.3, 0.4) is 0 Å². The molecule has 88 valence electrons. The minimum Gasteiger partial charge on any atom is -0.485 e. The van der Waals surface area contributed by atoms with E-state index in [1.54, 1.807) is 25.1 Å². The lowest BCUT2D eigenvalue weighted by Gasteiger charge is -2.28. The van der Waals surface area contributed by atoms with Crippen LogP contribution in [0.2, 0.25) is 0 Å². The number of aliphatic hydroxyl groups is 1. The standard InChI is InChI=1S/C13H17FO2/c1-9-5-4-8-12(13(9)14)16-11-7-3-2-6-10(11)15/h4-5,8,10-11,15H,2-3,6-7H2,1H3. The molecule has 1 aromatic rings. The van der Waals surface area contributed by atoms with Crippen LogP contribution in [0.1, 0.15) is 31.2 Å². The predicted octanol–water partition coefficient (Wildman–Crippen LogP) is 2.82. The van der Waals surface area contributed by atoms with Crippen LogP contribution >= 0.6 is 0 Å². The Morgan fingerprint density at radius 3 is 2.81 bits per heavy atom. The monoisotopic (exact) mass is 224 g/mol. The number of hydrogen-bond acceptors (Lipinski definition) is 2. The molecule has 0 bridgehead atoms. The van der Waals surface area contributed by atoms with E-state index in [0.29, 0.717) is 5.56 Å². The molecule has 16 heavy (non-hydrogen) atoms. The van der Waals surface area contributed by atoms with Crippen LogP contribution in [-0.2, 0) is 0 Å². The van der Waals surface area contributed by atoms with Crippen molar-refractivity contribution < 1.29 is 14.2 Å². The summed E-state index contributed by atoms with van der Waals surface area (Å²) in [5.41, 5.74) is 0.572. The van der Waals surface area contributed by atoms with E-state index in [-0.39, 0.29) is 17.7 Å². The van der Waals surface area contributed by atoms with Gasteiger partial charge in [0.1, 0.15) is 6.10 Å². The lowest BCUT2D eigenvalue weighted by molar-refractivity contribution is 0.00494. The Labute approximate surface area is 95.1 Å². The Hall–Kier alpha value is -1.09. The molecule has 2 rings (SSSR count). The van der Waals surface area contributed by atoms with Crippen molar-refractivity contribution >= 4 is 0 Å². The van der Waals surface area contributed by atoms with Crippen LogP contribution in [0.5, 0.6) is 5.75 Å². The average Bonchev–Trinajstić information content (AvgIpc) is 2.28. The first-order valence-electron chi connectivity index (χ1n) is 5.78. The normalized spacial score (nSPS) is 25.4. The Morgan fingerprint density at radius 2 is 2.06 bits per heavy atom. The van der Waals surface area contributed by atoms with Gasteiger partial charge in [0.15, 0.2) is 11.6 Å². The van der Waals surface area contributed by atoms with E-state index in [1.807, 2.05) is 0 Å². The molecule has 0 radical (unpaired) electrons. The number of halogens is 1. The number of aliphatic hydroxyl groups excluding tert-OH is 1. The third-order valence-corrected chi connectivity index (χ3v) is 3.10. The van der Waals surface area contributed by atoms with Gasteiger partial charge in [-0.3, -0.25) is 0 Å². The zero-order valence-electron chi connectivity index (χ0n) is 9.45. The van der Waals surface area contributed by atoms with Crippen LogP contribution in [0, 0.1) is 12.7 Å². The average molecular weight is 224 g/mol. The number of rotatable bonds is 2. The maximum atomic E-state index is 13.7. The van der Waals surface area contributed by atoms with Gasteiger partial charge in [0.2, 0.25) is 0 Å². The van der Waals surface area contributed by atoms with E-state index < -0.39 is 6.10 Å². The lowest BCUT2D eigenvalue weighted by atomic mass is 9.95. The highest BCUT2D eigenvalue weighted by atomic mass is 19.1. The fraction of sp³-hybridized carbons (Fsp3) is 0.538. The van der Waals surface area contributed by atoms with Gasteiger partial charge in [-0.15, -0.1) is 0 Å². The van der Waals surface area contributed by atoms with Crippen molar-refractivity contribution in [3.63, 3.8) is 0 Å². The van der Waals surface area contributed by atoms with E-state index in [4.69, 9.17) is 4.74 Å². The largest absolute Gasteiger partial charge is 0.485 e. The van der Waals surface area contributed by atoms with Crippen LogP contribution in [0.15, 0.2) is 18.2 Å². The van der Waals surface area contributed by atoms with Crippen LogP contribution in [-0.4, -0.2) is 17.3 Å². The summed E-state index contributed by atoms with van der Waals surface area (Å²) in [6.07, 6.45) is 2.89. The van der Waals surface area contributed by atoms with Crippen LogP contribution in [0.4, 0.5) is 4.39 Å². The predicted molar refractivity (Wildman–Crippen MR) is 60.0 cm³/mol. The molecule has 1 N–H and O–H groups in total. The molecule has 0 aliphatic heterocycles. The number of aryl methyl sites for hydroxylation is 1. The Morgan fingerprint density at radius 1 is 1.31 bits per heavy atom. The van der Waals surface area contributed by atoms with Gasteiger partial charge in [0, 0.05) is 0 Å². The van der Waals surface area contributed by atoms with E-state index >= 15 is 0 Å². The molecule has 1 aliphatic carbocycles. The van der Waals surface area contributed by atoms with E-state index in [0.717, 1.165) is 25.7 Å². The minimum absolute atomic E-state index is 0.256. The second-order valence-corrected chi connectivity index (χ2v) is 4.40. The molecular formula is C13H17FO2. The topological polar surface area (TPSA) is 29.5 Å². The summed E-state index contributed by atoms with van der Waals surface area (Å²) < 4.78 is 19.2. The number of benzene rings is 1. The van der Waals surface area contributed by atoms with Gasteiger partial charge in [-0.2, -0.15) is 0 Å². The van der Waals surface area contributed by atoms with Crippen molar-refractivity contribution in [2.75, 3.05) is 0 Å². The molecule has 0 spiro atoms. The SMILES string of the molecule is Cc1cccc(OC2CCCCC2O)c1F. The van der Waals surface area contributed by atoms with Crippen molar-refractivity contribution in [3.8, 4) is 5.75 Å². The first kappa shape index (κ1) is 11.4. The summed E-state index contributed by atoms with van der Waals surface area (Å²) in [4.78, 5) is 0. The maximum absolute atomic E-state index is 13.7. The highest BCUT2D eigenvalue weighted by Crippen LogP contribution is 2.26. The fourth-order valence-electron chi connectivity index (χ4n) is 2.09.